The van der Waals surface area contributed by atoms with Crippen molar-refractivity contribution in [2.24, 2.45) is 5.73 Å². The highest BCUT2D eigenvalue weighted by Crippen LogP contribution is 2.28. The Balaban J connectivity index is 1.84. The predicted octanol–water partition coefficient (Wildman–Crippen LogP) is 2.01. The highest BCUT2D eigenvalue weighted by molar-refractivity contribution is 5.41. The molecule has 0 radical (unpaired) electrons. The Morgan fingerprint density at radius 1 is 1.42 bits per heavy atom. The zero-order valence-corrected chi connectivity index (χ0v) is 10.9. The SMILES string of the molecule is CCCc1nc(C(N)c2ccc3c(c2)CCO3)no1. The molecule has 5 heteroatoms. The molecule has 0 saturated heterocycles. The van der Waals surface area contributed by atoms with E-state index in [-0.39, 0.29) is 6.04 Å². The second kappa shape index (κ2) is 5.01. The molecule has 1 aliphatic heterocycles. The zero-order valence-electron chi connectivity index (χ0n) is 10.9. The standard InChI is InChI=1S/C14H17N3O2/c1-2-3-12-16-14(17-19-12)13(15)10-4-5-11-9(8-10)6-7-18-11/h4-5,8,13H,2-3,6-7,15H2,1H3. The maximum absolute atomic E-state index is 6.19. The highest BCUT2D eigenvalue weighted by atomic mass is 16.5. The summed E-state index contributed by atoms with van der Waals surface area (Å²) in [6.45, 7) is 2.82. The van der Waals surface area contributed by atoms with Gasteiger partial charge in [-0.05, 0) is 29.7 Å². The van der Waals surface area contributed by atoms with Crippen LogP contribution in [-0.4, -0.2) is 16.7 Å². The van der Waals surface area contributed by atoms with Crippen molar-refractivity contribution < 1.29 is 9.26 Å². The minimum atomic E-state index is -0.347. The van der Waals surface area contributed by atoms with Crippen molar-refractivity contribution in [3.63, 3.8) is 0 Å². The Kier molecular flexibility index (Phi) is 3.21. The first-order valence-corrected chi connectivity index (χ1v) is 6.61. The van der Waals surface area contributed by atoms with Gasteiger partial charge in [0.25, 0.3) is 0 Å². The monoisotopic (exact) mass is 259 g/mol. The van der Waals surface area contributed by atoms with Crippen LogP contribution in [0.25, 0.3) is 0 Å². The first-order chi connectivity index (χ1) is 9.28. The number of hydrogen-bond acceptors (Lipinski definition) is 5. The summed E-state index contributed by atoms with van der Waals surface area (Å²) in [4.78, 5) is 4.34. The summed E-state index contributed by atoms with van der Waals surface area (Å²) in [5.74, 6) is 2.15. The molecule has 2 N–H and O–H groups in total. The summed E-state index contributed by atoms with van der Waals surface area (Å²) in [6.07, 6.45) is 2.70. The third-order valence-electron chi connectivity index (χ3n) is 3.30. The van der Waals surface area contributed by atoms with Crippen molar-refractivity contribution in [1.29, 1.82) is 0 Å². The van der Waals surface area contributed by atoms with Crippen molar-refractivity contribution in [2.75, 3.05) is 6.61 Å². The normalized spacial score (nSPS) is 15.1. The van der Waals surface area contributed by atoms with Gasteiger partial charge in [0.1, 0.15) is 5.75 Å². The molecule has 19 heavy (non-hydrogen) atoms. The summed E-state index contributed by atoms with van der Waals surface area (Å²) in [5, 5.41) is 3.96. The smallest absolute Gasteiger partial charge is 0.226 e. The van der Waals surface area contributed by atoms with Crippen molar-refractivity contribution in [1.82, 2.24) is 10.1 Å². The van der Waals surface area contributed by atoms with Gasteiger partial charge >= 0.3 is 0 Å². The molecule has 0 bridgehead atoms. The largest absolute Gasteiger partial charge is 0.493 e. The summed E-state index contributed by atoms with van der Waals surface area (Å²) in [7, 11) is 0. The van der Waals surface area contributed by atoms with E-state index in [4.69, 9.17) is 15.0 Å². The first-order valence-electron chi connectivity index (χ1n) is 6.61. The molecule has 5 nitrogen and oxygen atoms in total. The van der Waals surface area contributed by atoms with E-state index in [9.17, 15) is 0 Å². The molecular weight excluding hydrogens is 242 g/mol. The third kappa shape index (κ3) is 2.33. The number of fused-ring (bicyclic) bond motifs is 1. The van der Waals surface area contributed by atoms with Gasteiger partial charge in [0.15, 0.2) is 5.82 Å². The van der Waals surface area contributed by atoms with Gasteiger partial charge in [0.05, 0.1) is 12.6 Å². The number of rotatable bonds is 4. The number of nitrogens with two attached hydrogens (primary N) is 1. The lowest BCUT2D eigenvalue weighted by molar-refractivity contribution is 0.357. The molecule has 0 amide bonds. The molecule has 0 spiro atoms. The van der Waals surface area contributed by atoms with Crippen LogP contribution < -0.4 is 10.5 Å². The van der Waals surface area contributed by atoms with Crippen LogP contribution in [0.1, 0.15) is 42.2 Å². The first kappa shape index (κ1) is 12.2. The molecule has 1 aromatic carbocycles. The highest BCUT2D eigenvalue weighted by Gasteiger charge is 2.19. The number of benzene rings is 1. The van der Waals surface area contributed by atoms with Crippen molar-refractivity contribution in [3.8, 4) is 5.75 Å². The number of aryl methyl sites for hydroxylation is 1. The summed E-state index contributed by atoms with van der Waals surface area (Å²) < 4.78 is 10.7. The lowest BCUT2D eigenvalue weighted by Crippen LogP contribution is -2.13. The molecule has 2 heterocycles. The van der Waals surface area contributed by atoms with Crippen molar-refractivity contribution in [2.45, 2.75) is 32.2 Å². The fraction of sp³-hybridized carbons (Fsp3) is 0.429. The van der Waals surface area contributed by atoms with Gasteiger partial charge in [-0.2, -0.15) is 4.98 Å². The second-order valence-corrected chi connectivity index (χ2v) is 4.74. The summed E-state index contributed by atoms with van der Waals surface area (Å²) in [5.41, 5.74) is 8.39. The van der Waals surface area contributed by atoms with Gasteiger partial charge in [-0.3, -0.25) is 0 Å². The Labute approximate surface area is 111 Å². The number of nitrogens with zero attached hydrogens (tertiary/aromatic N) is 2. The maximum atomic E-state index is 6.19. The van der Waals surface area contributed by atoms with Crippen LogP contribution in [0, 0.1) is 0 Å². The summed E-state index contributed by atoms with van der Waals surface area (Å²) in [6, 6.07) is 5.65. The molecule has 1 aromatic heterocycles. The molecule has 0 aliphatic carbocycles. The quantitative estimate of drug-likeness (QED) is 0.909. The summed E-state index contributed by atoms with van der Waals surface area (Å²) >= 11 is 0. The maximum Gasteiger partial charge on any atom is 0.226 e. The Morgan fingerprint density at radius 2 is 2.32 bits per heavy atom. The molecular formula is C14H17N3O2. The molecule has 100 valence electrons. The van der Waals surface area contributed by atoms with Gasteiger partial charge < -0.3 is 15.0 Å². The van der Waals surface area contributed by atoms with Crippen LogP contribution in [0.4, 0.5) is 0 Å². The average molecular weight is 259 g/mol. The fourth-order valence-corrected chi connectivity index (χ4v) is 2.26. The second-order valence-electron chi connectivity index (χ2n) is 4.74. The van der Waals surface area contributed by atoms with Gasteiger partial charge in [-0.25, -0.2) is 0 Å². The van der Waals surface area contributed by atoms with E-state index in [0.29, 0.717) is 11.7 Å². The Hall–Kier alpha value is -1.88. The van der Waals surface area contributed by atoms with E-state index >= 15 is 0 Å². The van der Waals surface area contributed by atoms with E-state index in [1.165, 1.54) is 5.56 Å². The minimum absolute atomic E-state index is 0.347. The zero-order chi connectivity index (χ0) is 13.2. The van der Waals surface area contributed by atoms with Crippen LogP contribution in [0.2, 0.25) is 0 Å². The molecule has 3 rings (SSSR count). The van der Waals surface area contributed by atoms with E-state index < -0.39 is 0 Å². The van der Waals surface area contributed by atoms with Gasteiger partial charge in [-0.1, -0.05) is 18.1 Å². The van der Waals surface area contributed by atoms with Gasteiger partial charge in [0.2, 0.25) is 5.89 Å². The molecule has 2 aromatic rings. The van der Waals surface area contributed by atoms with Gasteiger partial charge in [-0.15, -0.1) is 0 Å². The number of hydrogen-bond donors (Lipinski definition) is 1. The topological polar surface area (TPSA) is 74.2 Å². The molecule has 1 aliphatic rings. The Bertz CT molecular complexity index is 580. The van der Waals surface area contributed by atoms with Crippen LogP contribution >= 0.6 is 0 Å². The van der Waals surface area contributed by atoms with Crippen LogP contribution in [0.5, 0.6) is 5.75 Å². The predicted molar refractivity (Wildman–Crippen MR) is 70.0 cm³/mol. The molecule has 0 saturated carbocycles. The average Bonchev–Trinajstić information content (AvgIpc) is 3.05. The fourth-order valence-electron chi connectivity index (χ4n) is 2.26. The lowest BCUT2D eigenvalue weighted by atomic mass is 10.0. The molecule has 0 fully saturated rings. The van der Waals surface area contributed by atoms with Crippen molar-refractivity contribution >= 4 is 0 Å². The molecule has 1 atom stereocenters. The minimum Gasteiger partial charge on any atom is -0.493 e. The Morgan fingerprint density at radius 3 is 3.16 bits per heavy atom. The number of ether oxygens (including phenoxy) is 1. The van der Waals surface area contributed by atoms with E-state index in [1.54, 1.807) is 0 Å². The van der Waals surface area contributed by atoms with E-state index in [2.05, 4.69) is 23.1 Å². The number of aromatic nitrogens is 2. The third-order valence-corrected chi connectivity index (χ3v) is 3.30. The van der Waals surface area contributed by atoms with Crippen LogP contribution in [-0.2, 0) is 12.8 Å². The van der Waals surface area contributed by atoms with Gasteiger partial charge in [0, 0.05) is 12.8 Å². The van der Waals surface area contributed by atoms with Crippen molar-refractivity contribution in [3.05, 3.63) is 41.0 Å². The van der Waals surface area contributed by atoms with E-state index in [1.807, 2.05) is 12.1 Å². The van der Waals surface area contributed by atoms with E-state index in [0.717, 1.165) is 37.2 Å². The van der Waals surface area contributed by atoms with Crippen LogP contribution in [0.3, 0.4) is 0 Å². The van der Waals surface area contributed by atoms with Crippen LogP contribution in [0.15, 0.2) is 22.7 Å². The lowest BCUT2D eigenvalue weighted by Gasteiger charge is -2.08. The molecule has 1 unspecified atom stereocenters.